The van der Waals surface area contributed by atoms with E-state index in [4.69, 9.17) is 9.47 Å². The predicted octanol–water partition coefficient (Wildman–Crippen LogP) is 4.00. The van der Waals surface area contributed by atoms with Crippen molar-refractivity contribution in [2.24, 2.45) is 4.99 Å². The van der Waals surface area contributed by atoms with Gasteiger partial charge in [0.2, 0.25) is 0 Å². The van der Waals surface area contributed by atoms with Crippen molar-refractivity contribution >= 4 is 29.9 Å². The normalized spacial score (nSPS) is 16.2. The minimum absolute atomic E-state index is 0. The maximum Gasteiger partial charge on any atom is 0.191 e. The molecule has 0 aliphatic carbocycles. The second-order valence-electron chi connectivity index (χ2n) is 7.31. The Morgan fingerprint density at radius 1 is 1.14 bits per heavy atom. The molecule has 158 valence electrons. The number of hydrogen-bond donors (Lipinski definition) is 2. The van der Waals surface area contributed by atoms with Crippen molar-refractivity contribution in [2.45, 2.75) is 39.3 Å². The zero-order valence-electron chi connectivity index (χ0n) is 17.5. The lowest BCUT2D eigenvalue weighted by Gasteiger charge is -2.18. The molecule has 6 heteroatoms. The van der Waals surface area contributed by atoms with Crippen LogP contribution in [-0.4, -0.2) is 38.9 Å². The van der Waals surface area contributed by atoms with Crippen LogP contribution in [0.15, 0.2) is 47.5 Å². The number of rotatable bonds is 7. The van der Waals surface area contributed by atoms with Crippen molar-refractivity contribution < 1.29 is 9.47 Å². The molecule has 5 nitrogen and oxygen atoms in total. The van der Waals surface area contributed by atoms with Crippen LogP contribution >= 0.6 is 24.0 Å². The van der Waals surface area contributed by atoms with Crippen LogP contribution in [0.4, 0.5) is 0 Å². The maximum atomic E-state index is 6.18. The van der Waals surface area contributed by atoms with Crippen LogP contribution in [0, 0.1) is 13.8 Å². The molecule has 1 heterocycles. The number of halogens is 1. The van der Waals surface area contributed by atoms with Gasteiger partial charge in [0.05, 0.1) is 13.2 Å². The van der Waals surface area contributed by atoms with Crippen molar-refractivity contribution in [3.8, 4) is 5.75 Å². The molecule has 1 unspecified atom stereocenters. The van der Waals surface area contributed by atoms with Gasteiger partial charge in [-0.2, -0.15) is 0 Å². The molecule has 3 rings (SSSR count). The molecule has 2 aromatic carbocycles. The first-order chi connectivity index (χ1) is 13.6. The number of aryl methyl sites for hydroxylation is 2. The molecule has 1 fully saturated rings. The highest BCUT2D eigenvalue weighted by Crippen LogP contribution is 2.23. The first-order valence-electron chi connectivity index (χ1n) is 9.98. The first kappa shape index (κ1) is 23.5. The smallest absolute Gasteiger partial charge is 0.191 e. The monoisotopic (exact) mass is 509 g/mol. The maximum absolute atomic E-state index is 6.18. The highest BCUT2D eigenvalue weighted by Gasteiger charge is 2.18. The van der Waals surface area contributed by atoms with Gasteiger partial charge in [-0.05, 0) is 37.5 Å². The number of nitrogens with one attached hydrogen (secondary N) is 2. The Balaban J connectivity index is 0.00000300. The summed E-state index contributed by atoms with van der Waals surface area (Å²) in [6, 6.07) is 14.9. The minimum atomic E-state index is 0. The zero-order valence-corrected chi connectivity index (χ0v) is 19.9. The molecular formula is C23H32IN3O2. The summed E-state index contributed by atoms with van der Waals surface area (Å²) in [5, 5.41) is 6.79. The molecule has 0 amide bonds. The van der Waals surface area contributed by atoms with Crippen LogP contribution in [0.2, 0.25) is 0 Å². The van der Waals surface area contributed by atoms with Crippen molar-refractivity contribution in [1.29, 1.82) is 0 Å². The molecule has 0 spiro atoms. The topological polar surface area (TPSA) is 54.9 Å². The Morgan fingerprint density at radius 2 is 1.97 bits per heavy atom. The lowest BCUT2D eigenvalue weighted by atomic mass is 10.1. The summed E-state index contributed by atoms with van der Waals surface area (Å²) in [7, 11) is 1.80. The van der Waals surface area contributed by atoms with Gasteiger partial charge in [-0.1, -0.05) is 42.0 Å². The fourth-order valence-corrected chi connectivity index (χ4v) is 3.30. The summed E-state index contributed by atoms with van der Waals surface area (Å²) in [6.45, 7) is 7.15. The molecule has 1 aliphatic heterocycles. The van der Waals surface area contributed by atoms with E-state index in [1.165, 1.54) is 16.7 Å². The Kier molecular flexibility index (Phi) is 9.73. The van der Waals surface area contributed by atoms with E-state index in [-0.39, 0.29) is 30.1 Å². The average Bonchev–Trinajstić information content (AvgIpc) is 3.19. The quantitative estimate of drug-likeness (QED) is 0.337. The van der Waals surface area contributed by atoms with E-state index in [2.05, 4.69) is 71.9 Å². The third-order valence-electron chi connectivity index (χ3n) is 4.86. The first-order valence-corrected chi connectivity index (χ1v) is 9.98. The second kappa shape index (κ2) is 12.0. The van der Waals surface area contributed by atoms with Gasteiger partial charge in [-0.3, -0.25) is 4.99 Å². The number of ether oxygens (including phenoxy) is 2. The number of aliphatic imine (C=N–C) groups is 1. The molecule has 0 radical (unpaired) electrons. The summed E-state index contributed by atoms with van der Waals surface area (Å²) in [6.07, 6.45) is 2.05. The van der Waals surface area contributed by atoms with E-state index in [1.54, 1.807) is 7.05 Å². The van der Waals surface area contributed by atoms with Gasteiger partial charge < -0.3 is 20.1 Å². The lowest BCUT2D eigenvalue weighted by Crippen LogP contribution is -2.38. The van der Waals surface area contributed by atoms with Gasteiger partial charge in [0.1, 0.15) is 11.9 Å². The molecule has 2 aromatic rings. The number of nitrogens with zero attached hydrogens (tertiary/aromatic N) is 1. The van der Waals surface area contributed by atoms with E-state index in [0.29, 0.717) is 13.2 Å². The fourth-order valence-electron chi connectivity index (χ4n) is 3.30. The molecule has 1 saturated heterocycles. The van der Waals surface area contributed by atoms with Crippen LogP contribution < -0.4 is 15.4 Å². The van der Waals surface area contributed by atoms with Crippen LogP contribution in [-0.2, 0) is 17.7 Å². The SMILES string of the molecule is CN=C(NCCc1cccc(C)c1)NCc1ccc(C)cc1OC1CCOC1.I. The third kappa shape index (κ3) is 7.51. The van der Waals surface area contributed by atoms with Gasteiger partial charge in [-0.25, -0.2) is 0 Å². The average molecular weight is 509 g/mol. The van der Waals surface area contributed by atoms with Crippen LogP contribution in [0.3, 0.4) is 0 Å². The predicted molar refractivity (Wildman–Crippen MR) is 130 cm³/mol. The summed E-state index contributed by atoms with van der Waals surface area (Å²) < 4.78 is 11.6. The summed E-state index contributed by atoms with van der Waals surface area (Å²) in [4.78, 5) is 4.34. The van der Waals surface area contributed by atoms with E-state index in [1.807, 2.05) is 0 Å². The van der Waals surface area contributed by atoms with Gasteiger partial charge in [0, 0.05) is 32.1 Å². The number of hydrogen-bond acceptors (Lipinski definition) is 3. The minimum Gasteiger partial charge on any atom is -0.488 e. The van der Waals surface area contributed by atoms with Crippen molar-refractivity contribution in [1.82, 2.24) is 10.6 Å². The number of guanidine groups is 1. The number of benzene rings is 2. The van der Waals surface area contributed by atoms with E-state index < -0.39 is 0 Å². The van der Waals surface area contributed by atoms with Crippen molar-refractivity contribution in [3.63, 3.8) is 0 Å². The summed E-state index contributed by atoms with van der Waals surface area (Å²) in [5.41, 5.74) is 4.94. The van der Waals surface area contributed by atoms with E-state index in [9.17, 15) is 0 Å². The van der Waals surface area contributed by atoms with E-state index >= 15 is 0 Å². The van der Waals surface area contributed by atoms with Crippen LogP contribution in [0.5, 0.6) is 5.75 Å². The second-order valence-corrected chi connectivity index (χ2v) is 7.31. The zero-order chi connectivity index (χ0) is 19.8. The Morgan fingerprint density at radius 3 is 2.69 bits per heavy atom. The lowest BCUT2D eigenvalue weighted by molar-refractivity contribution is 0.140. The summed E-state index contributed by atoms with van der Waals surface area (Å²) >= 11 is 0. The van der Waals surface area contributed by atoms with Gasteiger partial charge in [0.25, 0.3) is 0 Å². The Bertz CT molecular complexity index is 804. The molecule has 2 N–H and O–H groups in total. The van der Waals surface area contributed by atoms with Crippen LogP contribution in [0.1, 0.15) is 28.7 Å². The molecule has 1 atom stereocenters. The molecule has 0 saturated carbocycles. The molecule has 29 heavy (non-hydrogen) atoms. The van der Waals surface area contributed by atoms with Crippen molar-refractivity contribution in [3.05, 3.63) is 64.7 Å². The highest BCUT2D eigenvalue weighted by atomic mass is 127. The standard InChI is InChI=1S/C23H31N3O2.HI/c1-17-5-4-6-19(13-17)9-11-25-23(24-3)26-15-20-8-7-18(2)14-22(20)28-21-10-12-27-16-21;/h4-8,13-14,21H,9-12,15-16H2,1-3H3,(H2,24,25,26);1H. The third-order valence-corrected chi connectivity index (χ3v) is 4.86. The van der Waals surface area contributed by atoms with Gasteiger partial charge in [0.15, 0.2) is 5.96 Å². The van der Waals surface area contributed by atoms with E-state index in [0.717, 1.165) is 43.3 Å². The molecular weight excluding hydrogens is 477 g/mol. The molecule has 1 aliphatic rings. The Hall–Kier alpha value is -1.80. The van der Waals surface area contributed by atoms with Gasteiger partial charge in [-0.15, -0.1) is 24.0 Å². The summed E-state index contributed by atoms with van der Waals surface area (Å²) in [5.74, 6) is 1.72. The van der Waals surface area contributed by atoms with Crippen LogP contribution in [0.25, 0.3) is 0 Å². The molecule has 0 aromatic heterocycles. The largest absolute Gasteiger partial charge is 0.488 e. The van der Waals surface area contributed by atoms with Gasteiger partial charge >= 0.3 is 0 Å². The Labute approximate surface area is 191 Å². The van der Waals surface area contributed by atoms with Crippen molar-refractivity contribution in [2.75, 3.05) is 26.8 Å². The fraction of sp³-hybridized carbons (Fsp3) is 0.435. The highest BCUT2D eigenvalue weighted by molar-refractivity contribution is 14.0. The molecule has 0 bridgehead atoms.